The summed E-state index contributed by atoms with van der Waals surface area (Å²) in [6, 6.07) is 0. The summed E-state index contributed by atoms with van der Waals surface area (Å²) in [6.45, 7) is 9.68. The number of anilines is 1. The largest absolute Gasteiger partial charge is 0.462 e. The molecule has 21 heavy (non-hydrogen) atoms. The summed E-state index contributed by atoms with van der Waals surface area (Å²) in [5, 5.41) is 3.78. The van der Waals surface area contributed by atoms with Gasteiger partial charge in [-0.25, -0.2) is 4.79 Å². The van der Waals surface area contributed by atoms with Gasteiger partial charge in [0.25, 0.3) is 0 Å². The number of esters is 1. The van der Waals surface area contributed by atoms with Crippen LogP contribution in [0.15, 0.2) is 0 Å². The first-order valence-electron chi connectivity index (χ1n) is 7.20. The van der Waals surface area contributed by atoms with Crippen molar-refractivity contribution in [3.8, 4) is 0 Å². The average Bonchev–Trinajstić information content (AvgIpc) is 2.81. The molecule has 0 spiro atoms. The van der Waals surface area contributed by atoms with E-state index in [-0.39, 0.29) is 11.9 Å². The quantitative estimate of drug-likeness (QED) is 0.746. The van der Waals surface area contributed by atoms with Gasteiger partial charge in [-0.1, -0.05) is 0 Å². The van der Waals surface area contributed by atoms with Crippen molar-refractivity contribution in [1.82, 2.24) is 9.27 Å². The minimum atomic E-state index is -0.374. The first kappa shape index (κ1) is 17.4. The van der Waals surface area contributed by atoms with Gasteiger partial charge in [0.05, 0.1) is 12.3 Å². The van der Waals surface area contributed by atoms with Crippen LogP contribution in [0.4, 0.5) is 5.00 Å². The molecule has 1 aromatic rings. The van der Waals surface area contributed by atoms with Crippen LogP contribution in [0.5, 0.6) is 0 Å². The van der Waals surface area contributed by atoms with Crippen LogP contribution in [0, 0.1) is 6.92 Å². The predicted molar refractivity (Wildman–Crippen MR) is 83.8 cm³/mol. The summed E-state index contributed by atoms with van der Waals surface area (Å²) < 4.78 is 9.19. The van der Waals surface area contributed by atoms with E-state index in [4.69, 9.17) is 4.74 Å². The molecule has 0 unspecified atom stereocenters. The van der Waals surface area contributed by atoms with Crippen LogP contribution in [0.2, 0.25) is 0 Å². The van der Waals surface area contributed by atoms with Crippen LogP contribution < -0.4 is 5.32 Å². The number of hydrogen-bond donors (Lipinski definition) is 1. The second kappa shape index (κ2) is 8.61. The molecule has 1 amide bonds. The van der Waals surface area contributed by atoms with Crippen molar-refractivity contribution in [2.24, 2.45) is 0 Å². The van der Waals surface area contributed by atoms with Crippen molar-refractivity contribution in [1.29, 1.82) is 0 Å². The van der Waals surface area contributed by atoms with Crippen molar-refractivity contribution < 1.29 is 14.3 Å². The standard InChI is InChI=1S/C14H23N3O3S/c1-5-17(6-2)11(18)8-9-15-13-12(10(4)16-21-13)14(19)20-7-3/h15H,5-9H2,1-4H3. The lowest BCUT2D eigenvalue weighted by atomic mass is 10.2. The Kier molecular flexibility index (Phi) is 7.14. The van der Waals surface area contributed by atoms with E-state index in [1.807, 2.05) is 13.8 Å². The smallest absolute Gasteiger partial charge is 0.343 e. The first-order chi connectivity index (χ1) is 10.0. The molecular weight excluding hydrogens is 290 g/mol. The van der Waals surface area contributed by atoms with E-state index in [0.717, 1.165) is 0 Å². The molecule has 0 fully saturated rings. The third kappa shape index (κ3) is 4.70. The fraction of sp³-hybridized carbons (Fsp3) is 0.643. The molecule has 6 nitrogen and oxygen atoms in total. The Labute approximate surface area is 129 Å². The highest BCUT2D eigenvalue weighted by molar-refractivity contribution is 7.10. The predicted octanol–water partition coefficient (Wildman–Crippen LogP) is 2.30. The number of aromatic nitrogens is 1. The van der Waals surface area contributed by atoms with E-state index >= 15 is 0 Å². The number of amides is 1. The summed E-state index contributed by atoms with van der Waals surface area (Å²) in [7, 11) is 0. The van der Waals surface area contributed by atoms with Gasteiger partial charge in [-0.2, -0.15) is 4.37 Å². The van der Waals surface area contributed by atoms with E-state index in [9.17, 15) is 9.59 Å². The monoisotopic (exact) mass is 313 g/mol. The zero-order chi connectivity index (χ0) is 15.8. The molecule has 1 rings (SSSR count). The van der Waals surface area contributed by atoms with E-state index in [1.54, 1.807) is 18.7 Å². The van der Waals surface area contributed by atoms with Crippen LogP contribution in [-0.2, 0) is 9.53 Å². The topological polar surface area (TPSA) is 71.5 Å². The van der Waals surface area contributed by atoms with Crippen LogP contribution in [0.25, 0.3) is 0 Å². The second-order valence-corrected chi connectivity index (χ2v) is 5.21. The maximum Gasteiger partial charge on any atom is 0.343 e. The van der Waals surface area contributed by atoms with Gasteiger partial charge >= 0.3 is 5.97 Å². The van der Waals surface area contributed by atoms with Gasteiger partial charge < -0.3 is 15.0 Å². The number of carbonyl (C=O) groups is 2. The van der Waals surface area contributed by atoms with Crippen molar-refractivity contribution in [3.63, 3.8) is 0 Å². The SMILES string of the molecule is CCOC(=O)c1c(C)nsc1NCCC(=O)N(CC)CC. The summed E-state index contributed by atoms with van der Waals surface area (Å²) in [4.78, 5) is 25.6. The first-order valence-corrected chi connectivity index (χ1v) is 7.97. The number of nitrogens with one attached hydrogen (secondary N) is 1. The number of carbonyl (C=O) groups excluding carboxylic acids is 2. The normalized spacial score (nSPS) is 10.3. The Morgan fingerprint density at radius 3 is 2.52 bits per heavy atom. The molecular formula is C14H23N3O3S. The second-order valence-electron chi connectivity index (χ2n) is 4.44. The lowest BCUT2D eigenvalue weighted by Gasteiger charge is -2.18. The zero-order valence-electron chi connectivity index (χ0n) is 13.1. The Morgan fingerprint density at radius 1 is 1.29 bits per heavy atom. The molecule has 1 aromatic heterocycles. The lowest BCUT2D eigenvalue weighted by Crippen LogP contribution is -2.31. The van der Waals surface area contributed by atoms with Gasteiger partial charge in [-0.15, -0.1) is 0 Å². The molecule has 0 aliphatic carbocycles. The Morgan fingerprint density at radius 2 is 1.95 bits per heavy atom. The maximum absolute atomic E-state index is 11.9. The molecule has 0 atom stereocenters. The highest BCUT2D eigenvalue weighted by Gasteiger charge is 2.19. The van der Waals surface area contributed by atoms with Crippen molar-refractivity contribution in [2.45, 2.75) is 34.1 Å². The highest BCUT2D eigenvalue weighted by Crippen LogP contribution is 2.25. The van der Waals surface area contributed by atoms with Crippen molar-refractivity contribution in [3.05, 3.63) is 11.3 Å². The summed E-state index contributed by atoms with van der Waals surface area (Å²) >= 11 is 1.22. The third-order valence-corrected chi connectivity index (χ3v) is 3.98. The van der Waals surface area contributed by atoms with Gasteiger partial charge in [0, 0.05) is 26.1 Å². The molecule has 0 saturated heterocycles. The fourth-order valence-corrected chi connectivity index (χ4v) is 2.76. The summed E-state index contributed by atoms with van der Waals surface area (Å²) in [5.41, 5.74) is 1.12. The molecule has 0 aliphatic rings. The van der Waals surface area contributed by atoms with E-state index in [2.05, 4.69) is 9.69 Å². The minimum Gasteiger partial charge on any atom is -0.462 e. The number of ether oxygens (including phenoxy) is 1. The molecule has 0 radical (unpaired) electrons. The molecule has 1 heterocycles. The molecule has 7 heteroatoms. The van der Waals surface area contributed by atoms with Crippen LogP contribution in [0.1, 0.15) is 43.2 Å². The number of aryl methyl sites for hydroxylation is 1. The van der Waals surface area contributed by atoms with E-state index in [1.165, 1.54) is 11.5 Å². The molecule has 0 saturated carbocycles. The van der Waals surface area contributed by atoms with Crippen LogP contribution >= 0.6 is 11.5 Å². The molecule has 1 N–H and O–H groups in total. The Balaban J connectivity index is 2.60. The Bertz CT molecular complexity index is 484. The highest BCUT2D eigenvalue weighted by atomic mass is 32.1. The van der Waals surface area contributed by atoms with Crippen LogP contribution in [0.3, 0.4) is 0 Å². The van der Waals surface area contributed by atoms with E-state index < -0.39 is 0 Å². The van der Waals surface area contributed by atoms with Gasteiger partial charge in [0.1, 0.15) is 10.6 Å². The average molecular weight is 313 g/mol. The maximum atomic E-state index is 11.9. The number of hydrogen-bond acceptors (Lipinski definition) is 6. The van der Waals surface area contributed by atoms with Gasteiger partial charge in [0.15, 0.2) is 0 Å². The van der Waals surface area contributed by atoms with Gasteiger partial charge in [0.2, 0.25) is 5.91 Å². The molecule has 0 aromatic carbocycles. The summed E-state index contributed by atoms with van der Waals surface area (Å²) in [6.07, 6.45) is 0.390. The summed E-state index contributed by atoms with van der Waals surface area (Å²) in [5.74, 6) is -0.271. The van der Waals surface area contributed by atoms with Gasteiger partial charge in [-0.05, 0) is 39.2 Å². The zero-order valence-corrected chi connectivity index (χ0v) is 13.9. The third-order valence-electron chi connectivity index (χ3n) is 3.08. The lowest BCUT2D eigenvalue weighted by molar-refractivity contribution is -0.130. The minimum absolute atomic E-state index is 0.103. The number of rotatable bonds is 8. The van der Waals surface area contributed by atoms with Crippen molar-refractivity contribution in [2.75, 3.05) is 31.6 Å². The molecule has 0 bridgehead atoms. The molecule has 118 valence electrons. The number of nitrogens with zero attached hydrogens (tertiary/aromatic N) is 2. The van der Waals surface area contributed by atoms with Gasteiger partial charge in [-0.3, -0.25) is 4.79 Å². The fourth-order valence-electron chi connectivity index (χ4n) is 1.95. The molecule has 0 aliphatic heterocycles. The van der Waals surface area contributed by atoms with E-state index in [0.29, 0.717) is 48.9 Å². The van der Waals surface area contributed by atoms with Crippen molar-refractivity contribution >= 4 is 28.4 Å². The van der Waals surface area contributed by atoms with Crippen LogP contribution in [-0.4, -0.2) is 47.4 Å². The Hall–Kier alpha value is -1.63.